The minimum Gasteiger partial charge on any atom is -0.464 e. The highest BCUT2D eigenvalue weighted by Crippen LogP contribution is 2.26. The van der Waals surface area contributed by atoms with E-state index in [2.05, 4.69) is 13.8 Å². The van der Waals surface area contributed by atoms with Crippen LogP contribution in [0.3, 0.4) is 0 Å². The highest BCUT2D eigenvalue weighted by atomic mass is 16.3. The maximum Gasteiger partial charge on any atom is 0.223 e. The SMILES string of the molecule is CC(C)C1CC(=O)N(CC(=O)c2coc3ccccc23)C1. The molecule has 0 bridgehead atoms. The molecule has 1 amide bonds. The average Bonchev–Trinajstić information content (AvgIpc) is 3.03. The zero-order valence-electron chi connectivity index (χ0n) is 12.3. The fourth-order valence-corrected chi connectivity index (χ4v) is 2.85. The molecule has 3 rings (SSSR count). The van der Waals surface area contributed by atoms with E-state index in [0.29, 0.717) is 35.9 Å². The summed E-state index contributed by atoms with van der Waals surface area (Å²) in [6.07, 6.45) is 2.05. The van der Waals surface area contributed by atoms with Crippen molar-refractivity contribution in [2.24, 2.45) is 11.8 Å². The van der Waals surface area contributed by atoms with E-state index in [4.69, 9.17) is 4.42 Å². The molecule has 0 saturated carbocycles. The van der Waals surface area contributed by atoms with Crippen molar-refractivity contribution >= 4 is 22.7 Å². The Morgan fingerprint density at radius 3 is 2.86 bits per heavy atom. The molecule has 1 aliphatic heterocycles. The van der Waals surface area contributed by atoms with Crippen LogP contribution in [0.25, 0.3) is 11.0 Å². The highest BCUT2D eigenvalue weighted by molar-refractivity contribution is 6.08. The molecule has 0 spiro atoms. The third-order valence-corrected chi connectivity index (χ3v) is 4.30. The van der Waals surface area contributed by atoms with Crippen molar-refractivity contribution in [1.29, 1.82) is 0 Å². The van der Waals surface area contributed by atoms with Gasteiger partial charge in [-0.05, 0) is 17.9 Å². The quantitative estimate of drug-likeness (QED) is 0.811. The first-order chi connectivity index (χ1) is 10.1. The van der Waals surface area contributed by atoms with Gasteiger partial charge in [0.1, 0.15) is 11.8 Å². The zero-order valence-corrected chi connectivity index (χ0v) is 12.3. The van der Waals surface area contributed by atoms with Gasteiger partial charge in [-0.15, -0.1) is 0 Å². The number of fused-ring (bicyclic) bond motifs is 1. The first kappa shape index (κ1) is 13.9. The summed E-state index contributed by atoms with van der Waals surface area (Å²) in [6.45, 7) is 5.06. The van der Waals surface area contributed by atoms with Crippen LogP contribution in [0, 0.1) is 11.8 Å². The normalized spacial score (nSPS) is 18.9. The Morgan fingerprint density at radius 2 is 2.14 bits per heavy atom. The molecule has 0 aliphatic carbocycles. The Bertz CT molecular complexity index is 686. The fourth-order valence-electron chi connectivity index (χ4n) is 2.85. The smallest absolute Gasteiger partial charge is 0.223 e. The number of likely N-dealkylation sites (tertiary alicyclic amines) is 1. The zero-order chi connectivity index (χ0) is 15.0. The van der Waals surface area contributed by atoms with Crippen molar-refractivity contribution in [2.75, 3.05) is 13.1 Å². The van der Waals surface area contributed by atoms with E-state index in [1.165, 1.54) is 6.26 Å². The van der Waals surface area contributed by atoms with E-state index in [1.54, 1.807) is 4.90 Å². The van der Waals surface area contributed by atoms with Crippen LogP contribution in [-0.4, -0.2) is 29.7 Å². The monoisotopic (exact) mass is 285 g/mol. The molecule has 2 aromatic rings. The molecule has 1 atom stereocenters. The van der Waals surface area contributed by atoms with Gasteiger partial charge in [-0.2, -0.15) is 0 Å². The van der Waals surface area contributed by atoms with Gasteiger partial charge in [0.15, 0.2) is 5.78 Å². The Hall–Kier alpha value is -2.10. The summed E-state index contributed by atoms with van der Waals surface area (Å²) in [5, 5.41) is 0.814. The minimum absolute atomic E-state index is 0.0577. The van der Waals surface area contributed by atoms with Crippen LogP contribution in [0.4, 0.5) is 0 Å². The van der Waals surface area contributed by atoms with Gasteiger partial charge in [-0.1, -0.05) is 32.0 Å². The van der Waals surface area contributed by atoms with Crippen LogP contribution in [-0.2, 0) is 4.79 Å². The number of carbonyl (C=O) groups excluding carboxylic acids is 2. The lowest BCUT2D eigenvalue weighted by Gasteiger charge is -2.17. The Balaban J connectivity index is 1.76. The maximum atomic E-state index is 12.4. The number of furan rings is 1. The van der Waals surface area contributed by atoms with Crippen molar-refractivity contribution < 1.29 is 14.0 Å². The molecule has 1 saturated heterocycles. The number of ketones is 1. The van der Waals surface area contributed by atoms with E-state index in [0.717, 1.165) is 5.39 Å². The third-order valence-electron chi connectivity index (χ3n) is 4.30. The molecule has 4 heteroatoms. The summed E-state index contributed by atoms with van der Waals surface area (Å²) < 4.78 is 5.40. The lowest BCUT2D eigenvalue weighted by molar-refractivity contribution is -0.127. The van der Waals surface area contributed by atoms with E-state index in [9.17, 15) is 9.59 Å². The number of rotatable bonds is 4. The van der Waals surface area contributed by atoms with Gasteiger partial charge < -0.3 is 9.32 Å². The van der Waals surface area contributed by atoms with Crippen LogP contribution in [0.15, 0.2) is 34.9 Å². The van der Waals surface area contributed by atoms with Crippen molar-refractivity contribution in [3.63, 3.8) is 0 Å². The van der Waals surface area contributed by atoms with Crippen molar-refractivity contribution in [2.45, 2.75) is 20.3 Å². The molecule has 1 aromatic heterocycles. The second-order valence-electron chi connectivity index (χ2n) is 6.05. The summed E-state index contributed by atoms with van der Waals surface area (Å²) in [6, 6.07) is 7.46. The third kappa shape index (κ3) is 2.58. The van der Waals surface area contributed by atoms with Crippen molar-refractivity contribution in [1.82, 2.24) is 4.90 Å². The number of carbonyl (C=O) groups is 2. The topological polar surface area (TPSA) is 50.5 Å². The Labute approximate surface area is 123 Å². The van der Waals surface area contributed by atoms with Crippen LogP contribution in [0.5, 0.6) is 0 Å². The summed E-state index contributed by atoms with van der Waals surface area (Å²) >= 11 is 0. The van der Waals surface area contributed by atoms with Crippen LogP contribution in [0.1, 0.15) is 30.6 Å². The van der Waals surface area contributed by atoms with Crippen molar-refractivity contribution in [3.05, 3.63) is 36.1 Å². The molecular weight excluding hydrogens is 266 g/mol. The maximum absolute atomic E-state index is 12.4. The van der Waals surface area contributed by atoms with E-state index >= 15 is 0 Å². The molecule has 1 unspecified atom stereocenters. The lowest BCUT2D eigenvalue weighted by atomic mass is 9.95. The largest absolute Gasteiger partial charge is 0.464 e. The summed E-state index contributed by atoms with van der Waals surface area (Å²) in [5.74, 6) is 0.836. The molecule has 0 radical (unpaired) electrons. The highest BCUT2D eigenvalue weighted by Gasteiger charge is 2.32. The predicted octanol–water partition coefficient (Wildman–Crippen LogP) is 3.12. The second kappa shape index (κ2) is 5.35. The standard InChI is InChI=1S/C17H19NO3/c1-11(2)12-7-17(20)18(8-12)9-15(19)14-10-21-16-6-4-3-5-13(14)16/h3-6,10-12H,7-9H2,1-2H3. The van der Waals surface area contributed by atoms with Gasteiger partial charge >= 0.3 is 0 Å². The number of nitrogens with zero attached hydrogens (tertiary/aromatic N) is 1. The molecule has 21 heavy (non-hydrogen) atoms. The number of benzene rings is 1. The number of amides is 1. The molecule has 1 fully saturated rings. The van der Waals surface area contributed by atoms with Crippen LogP contribution >= 0.6 is 0 Å². The van der Waals surface area contributed by atoms with Gasteiger partial charge in [0.2, 0.25) is 5.91 Å². The molecule has 110 valence electrons. The lowest BCUT2D eigenvalue weighted by Crippen LogP contribution is -2.31. The summed E-state index contributed by atoms with van der Waals surface area (Å²) in [4.78, 5) is 26.1. The Kier molecular flexibility index (Phi) is 3.53. The van der Waals surface area contributed by atoms with Crippen LogP contribution in [0.2, 0.25) is 0 Å². The number of hydrogen-bond donors (Lipinski definition) is 0. The first-order valence-electron chi connectivity index (χ1n) is 7.33. The number of para-hydroxylation sites is 1. The predicted molar refractivity (Wildman–Crippen MR) is 80.1 cm³/mol. The summed E-state index contributed by atoms with van der Waals surface area (Å²) in [7, 11) is 0. The molecular formula is C17H19NO3. The van der Waals surface area contributed by atoms with E-state index in [-0.39, 0.29) is 18.2 Å². The van der Waals surface area contributed by atoms with Gasteiger partial charge in [-0.3, -0.25) is 9.59 Å². The minimum atomic E-state index is -0.0577. The van der Waals surface area contributed by atoms with Crippen molar-refractivity contribution in [3.8, 4) is 0 Å². The van der Waals surface area contributed by atoms with Crippen LogP contribution < -0.4 is 0 Å². The van der Waals surface area contributed by atoms with Gasteiger partial charge in [0.25, 0.3) is 0 Å². The Morgan fingerprint density at radius 1 is 1.38 bits per heavy atom. The van der Waals surface area contributed by atoms with E-state index in [1.807, 2.05) is 24.3 Å². The molecule has 1 aromatic carbocycles. The fraction of sp³-hybridized carbons (Fsp3) is 0.412. The molecule has 0 N–H and O–H groups in total. The first-order valence-corrected chi connectivity index (χ1v) is 7.33. The van der Waals surface area contributed by atoms with Gasteiger partial charge in [0, 0.05) is 18.4 Å². The number of Topliss-reactive ketones (excluding diaryl/α,β-unsaturated/α-hetero) is 1. The second-order valence-corrected chi connectivity index (χ2v) is 6.05. The molecule has 1 aliphatic rings. The summed E-state index contributed by atoms with van der Waals surface area (Å²) in [5.41, 5.74) is 1.26. The molecule has 2 heterocycles. The number of hydrogen-bond acceptors (Lipinski definition) is 3. The average molecular weight is 285 g/mol. The molecule has 4 nitrogen and oxygen atoms in total. The van der Waals surface area contributed by atoms with Gasteiger partial charge in [-0.25, -0.2) is 0 Å². The van der Waals surface area contributed by atoms with Gasteiger partial charge in [0.05, 0.1) is 12.1 Å². The van der Waals surface area contributed by atoms with E-state index < -0.39 is 0 Å².